The molecule has 1 atom stereocenters. The summed E-state index contributed by atoms with van der Waals surface area (Å²) < 4.78 is 0. The van der Waals surface area contributed by atoms with Gasteiger partial charge in [-0.2, -0.15) is 0 Å². The second-order valence-electron chi connectivity index (χ2n) is 4.15. The zero-order valence-corrected chi connectivity index (χ0v) is 7.64. The summed E-state index contributed by atoms with van der Waals surface area (Å²) in [6, 6.07) is 0. The number of aliphatic hydroxyl groups is 1. The molecule has 0 unspecified atom stereocenters. The number of aliphatic hydroxyl groups excluding tert-OH is 1. The molecular formula is C8H17NO2. The third-order valence-electron chi connectivity index (χ3n) is 1.53. The maximum absolute atomic E-state index is 11.4. The summed E-state index contributed by atoms with van der Waals surface area (Å²) in [5.41, 5.74) is 3.97. The van der Waals surface area contributed by atoms with Gasteiger partial charge in [-0.15, -0.1) is 0 Å². The van der Waals surface area contributed by atoms with Gasteiger partial charge in [0.1, 0.15) is 0 Å². The third kappa shape index (κ3) is 2.60. The summed E-state index contributed by atoms with van der Waals surface area (Å²) in [5.74, 6) is -0.118. The molecule has 0 heterocycles. The topological polar surface area (TPSA) is 63.3 Å². The number of rotatable bonds is 2. The molecule has 3 N–H and O–H groups in total. The van der Waals surface area contributed by atoms with Crippen molar-refractivity contribution in [3.05, 3.63) is 0 Å². The second kappa shape index (κ2) is 2.91. The van der Waals surface area contributed by atoms with Gasteiger partial charge >= 0.3 is 0 Å². The molecule has 0 aliphatic heterocycles. The molecule has 0 rings (SSSR count). The van der Waals surface area contributed by atoms with Crippen LogP contribution in [0.1, 0.15) is 27.7 Å². The van der Waals surface area contributed by atoms with Crippen molar-refractivity contribution in [2.75, 3.05) is 6.61 Å². The van der Waals surface area contributed by atoms with Crippen LogP contribution in [0.15, 0.2) is 0 Å². The van der Waals surface area contributed by atoms with E-state index in [-0.39, 0.29) is 12.4 Å². The van der Waals surface area contributed by atoms with E-state index in [4.69, 9.17) is 10.8 Å². The van der Waals surface area contributed by atoms with E-state index in [0.29, 0.717) is 0 Å². The standard InChI is InChI=1S/C8H17NO2/c1-7(2,3)6(11)8(4,9)5-10/h10H,5,9H2,1-4H3/t8-/m0/s1. The molecule has 0 aromatic heterocycles. The Bertz CT molecular complexity index is 156. The fraction of sp³-hybridized carbons (Fsp3) is 0.875. The Balaban J connectivity index is 4.50. The van der Waals surface area contributed by atoms with Crippen LogP contribution in [0.3, 0.4) is 0 Å². The summed E-state index contributed by atoms with van der Waals surface area (Å²) in [5, 5.41) is 8.78. The smallest absolute Gasteiger partial charge is 0.159 e. The molecule has 3 heteroatoms. The fourth-order valence-corrected chi connectivity index (χ4v) is 0.928. The first-order valence-electron chi connectivity index (χ1n) is 3.66. The lowest BCUT2D eigenvalue weighted by Gasteiger charge is -2.28. The average molecular weight is 159 g/mol. The maximum Gasteiger partial charge on any atom is 0.159 e. The van der Waals surface area contributed by atoms with Crippen LogP contribution >= 0.6 is 0 Å². The van der Waals surface area contributed by atoms with Gasteiger partial charge in [-0.25, -0.2) is 0 Å². The predicted molar refractivity (Wildman–Crippen MR) is 44.1 cm³/mol. The number of hydrogen-bond acceptors (Lipinski definition) is 3. The van der Waals surface area contributed by atoms with E-state index in [1.807, 2.05) is 0 Å². The van der Waals surface area contributed by atoms with Crippen molar-refractivity contribution in [3.63, 3.8) is 0 Å². The summed E-state index contributed by atoms with van der Waals surface area (Å²) >= 11 is 0. The van der Waals surface area contributed by atoms with Crippen LogP contribution in [-0.4, -0.2) is 23.0 Å². The normalized spacial score (nSPS) is 17.6. The van der Waals surface area contributed by atoms with Gasteiger partial charge in [0, 0.05) is 5.41 Å². The molecule has 3 nitrogen and oxygen atoms in total. The monoisotopic (exact) mass is 159 g/mol. The zero-order valence-electron chi connectivity index (χ0n) is 7.64. The average Bonchev–Trinajstić information content (AvgIpc) is 1.84. The van der Waals surface area contributed by atoms with Gasteiger partial charge in [-0.3, -0.25) is 4.79 Å². The van der Waals surface area contributed by atoms with E-state index in [0.717, 1.165) is 0 Å². The molecule has 0 fully saturated rings. The van der Waals surface area contributed by atoms with Crippen LogP contribution < -0.4 is 5.73 Å². The van der Waals surface area contributed by atoms with Crippen molar-refractivity contribution in [3.8, 4) is 0 Å². The van der Waals surface area contributed by atoms with Crippen molar-refractivity contribution in [1.82, 2.24) is 0 Å². The largest absolute Gasteiger partial charge is 0.394 e. The molecule has 0 aliphatic rings. The number of nitrogens with two attached hydrogens (primary N) is 1. The van der Waals surface area contributed by atoms with Gasteiger partial charge in [-0.1, -0.05) is 20.8 Å². The minimum Gasteiger partial charge on any atom is -0.394 e. The number of ketones is 1. The van der Waals surface area contributed by atoms with E-state index < -0.39 is 11.0 Å². The van der Waals surface area contributed by atoms with E-state index in [1.165, 1.54) is 0 Å². The SMILES string of the molecule is CC(C)(C)C(=O)[C@@](C)(N)CO. The minimum absolute atomic E-state index is 0.118. The number of Topliss-reactive ketones (excluding diaryl/α,β-unsaturated/α-hetero) is 1. The van der Waals surface area contributed by atoms with Crippen LogP contribution in [0.4, 0.5) is 0 Å². The third-order valence-corrected chi connectivity index (χ3v) is 1.53. The molecule has 0 amide bonds. The fourth-order valence-electron chi connectivity index (χ4n) is 0.928. The van der Waals surface area contributed by atoms with Crippen LogP contribution in [0.25, 0.3) is 0 Å². The highest BCUT2D eigenvalue weighted by molar-refractivity contribution is 5.92. The first kappa shape index (κ1) is 10.6. The van der Waals surface area contributed by atoms with Gasteiger partial charge in [0.05, 0.1) is 12.1 Å². The van der Waals surface area contributed by atoms with Crippen LogP contribution in [0.5, 0.6) is 0 Å². The Labute approximate surface area is 67.6 Å². The Morgan fingerprint density at radius 2 is 1.73 bits per heavy atom. The second-order valence-corrected chi connectivity index (χ2v) is 4.15. The van der Waals surface area contributed by atoms with Crippen molar-refractivity contribution >= 4 is 5.78 Å². The summed E-state index contributed by atoms with van der Waals surface area (Å²) in [4.78, 5) is 11.4. The van der Waals surface area contributed by atoms with Gasteiger partial charge < -0.3 is 10.8 Å². The number of hydrogen-bond donors (Lipinski definition) is 2. The van der Waals surface area contributed by atoms with Crippen molar-refractivity contribution in [2.45, 2.75) is 33.2 Å². The van der Waals surface area contributed by atoms with Gasteiger partial charge in [-0.05, 0) is 6.92 Å². The highest BCUT2D eigenvalue weighted by Crippen LogP contribution is 2.20. The lowest BCUT2D eigenvalue weighted by Crippen LogP contribution is -2.53. The van der Waals surface area contributed by atoms with Gasteiger partial charge in [0.15, 0.2) is 5.78 Å². The van der Waals surface area contributed by atoms with E-state index in [1.54, 1.807) is 27.7 Å². The van der Waals surface area contributed by atoms with Crippen LogP contribution in [0.2, 0.25) is 0 Å². The first-order valence-corrected chi connectivity index (χ1v) is 3.66. The molecule has 0 saturated carbocycles. The first-order chi connectivity index (χ1) is 4.72. The minimum atomic E-state index is -1.10. The van der Waals surface area contributed by atoms with E-state index in [2.05, 4.69) is 0 Å². The van der Waals surface area contributed by atoms with Crippen LogP contribution in [0, 0.1) is 5.41 Å². The zero-order chi connectivity index (χ0) is 9.28. The van der Waals surface area contributed by atoms with Crippen molar-refractivity contribution in [1.29, 1.82) is 0 Å². The summed E-state index contributed by atoms with van der Waals surface area (Å²) in [7, 11) is 0. The molecule has 11 heavy (non-hydrogen) atoms. The molecule has 0 saturated heterocycles. The highest BCUT2D eigenvalue weighted by Gasteiger charge is 2.35. The molecule has 66 valence electrons. The molecule has 0 aliphatic carbocycles. The highest BCUT2D eigenvalue weighted by atomic mass is 16.3. The predicted octanol–water partition coefficient (Wildman–Crippen LogP) is 0.311. The maximum atomic E-state index is 11.4. The quantitative estimate of drug-likeness (QED) is 0.609. The van der Waals surface area contributed by atoms with Gasteiger partial charge in [0.2, 0.25) is 0 Å². The molecule has 0 bridgehead atoms. The molecule has 0 aromatic rings. The Hall–Kier alpha value is -0.410. The van der Waals surface area contributed by atoms with Crippen molar-refractivity contribution < 1.29 is 9.90 Å². The van der Waals surface area contributed by atoms with Gasteiger partial charge in [0.25, 0.3) is 0 Å². The van der Waals surface area contributed by atoms with Crippen molar-refractivity contribution in [2.24, 2.45) is 11.1 Å². The number of carbonyl (C=O) groups is 1. The molecule has 0 aromatic carbocycles. The molecular weight excluding hydrogens is 142 g/mol. The Kier molecular flexibility index (Phi) is 2.80. The van der Waals surface area contributed by atoms with E-state index >= 15 is 0 Å². The molecule has 0 radical (unpaired) electrons. The lowest BCUT2D eigenvalue weighted by molar-refractivity contribution is -0.132. The molecule has 0 spiro atoms. The van der Waals surface area contributed by atoms with Crippen LogP contribution in [-0.2, 0) is 4.79 Å². The number of carbonyl (C=O) groups excluding carboxylic acids is 1. The Morgan fingerprint density at radius 3 is 1.82 bits per heavy atom. The van der Waals surface area contributed by atoms with E-state index in [9.17, 15) is 4.79 Å². The Morgan fingerprint density at radius 1 is 1.36 bits per heavy atom. The lowest BCUT2D eigenvalue weighted by atomic mass is 9.80. The summed E-state index contributed by atoms with van der Waals surface area (Å²) in [6.45, 7) is 6.60. The summed E-state index contributed by atoms with van der Waals surface area (Å²) in [6.07, 6.45) is 0.